The van der Waals surface area contributed by atoms with E-state index in [-0.39, 0.29) is 23.5 Å². The number of piperidine rings is 2. The Morgan fingerprint density at radius 2 is 1.65 bits per heavy atom. The second-order valence-corrected chi connectivity index (χ2v) is 9.02. The Labute approximate surface area is 153 Å². The molecule has 2 fully saturated rings. The number of carbonyl (C=O) groups is 1. The van der Waals surface area contributed by atoms with E-state index in [0.717, 1.165) is 25.9 Å². The zero-order chi connectivity index (χ0) is 18.1. The summed E-state index contributed by atoms with van der Waals surface area (Å²) in [6.45, 7) is 2.55. The van der Waals surface area contributed by atoms with Crippen LogP contribution >= 0.6 is 0 Å². The van der Waals surface area contributed by atoms with E-state index in [1.165, 1.54) is 16.8 Å². The molecule has 0 N–H and O–H groups in total. The molecular weight excluding hydrogens is 356 g/mol. The Morgan fingerprint density at radius 3 is 2.38 bits per heavy atom. The number of ether oxygens (including phenoxy) is 2. The number of fused-ring (bicyclic) bond motifs is 1. The standard InChI is InChI=1S/C18H24N2O5S/c21-18(19-8-2-1-3-9-19)14-6-10-20(11-7-14)26(22,23)15-4-5-16-17(12-15)25-13-24-16/h4-5,12,14H,1-3,6-11,13H2. The van der Waals surface area contributed by atoms with Crippen molar-refractivity contribution in [1.29, 1.82) is 0 Å². The van der Waals surface area contributed by atoms with Gasteiger partial charge in [-0.15, -0.1) is 0 Å². The summed E-state index contributed by atoms with van der Waals surface area (Å²) in [6.07, 6.45) is 4.50. The largest absolute Gasteiger partial charge is 0.454 e. The van der Waals surface area contributed by atoms with Gasteiger partial charge in [0.1, 0.15) is 0 Å². The molecule has 3 aliphatic heterocycles. The summed E-state index contributed by atoms with van der Waals surface area (Å²) in [4.78, 5) is 14.8. The van der Waals surface area contributed by atoms with Crippen LogP contribution < -0.4 is 9.47 Å². The van der Waals surface area contributed by atoms with Gasteiger partial charge in [0, 0.05) is 38.2 Å². The molecule has 0 unspecified atom stereocenters. The van der Waals surface area contributed by atoms with Gasteiger partial charge in [0.05, 0.1) is 4.90 Å². The number of rotatable bonds is 3. The van der Waals surface area contributed by atoms with Crippen LogP contribution in [0.4, 0.5) is 0 Å². The van der Waals surface area contributed by atoms with Crippen molar-refractivity contribution in [3.8, 4) is 11.5 Å². The minimum absolute atomic E-state index is 0.0590. The number of hydrogen-bond acceptors (Lipinski definition) is 5. The molecule has 0 spiro atoms. The van der Waals surface area contributed by atoms with E-state index in [4.69, 9.17) is 9.47 Å². The Bertz CT molecular complexity index is 781. The van der Waals surface area contributed by atoms with Crippen LogP contribution in [0.1, 0.15) is 32.1 Å². The fourth-order valence-corrected chi connectivity index (χ4v) is 5.39. The summed E-state index contributed by atoms with van der Waals surface area (Å²) in [7, 11) is -3.58. The highest BCUT2D eigenvalue weighted by Crippen LogP contribution is 2.35. The van der Waals surface area contributed by atoms with Crippen LogP contribution in [-0.4, -0.2) is 56.5 Å². The lowest BCUT2D eigenvalue weighted by Gasteiger charge is -2.35. The minimum Gasteiger partial charge on any atom is -0.454 e. The molecule has 8 heteroatoms. The molecule has 1 amide bonds. The van der Waals surface area contributed by atoms with Gasteiger partial charge in [-0.1, -0.05) is 0 Å². The lowest BCUT2D eigenvalue weighted by atomic mass is 9.95. The van der Waals surface area contributed by atoms with Crippen LogP contribution in [-0.2, 0) is 14.8 Å². The fourth-order valence-electron chi connectivity index (χ4n) is 3.90. The first-order valence-electron chi connectivity index (χ1n) is 9.24. The molecule has 0 atom stereocenters. The molecule has 7 nitrogen and oxygen atoms in total. The third-order valence-corrected chi connectivity index (χ3v) is 7.35. The zero-order valence-electron chi connectivity index (χ0n) is 14.7. The van der Waals surface area contributed by atoms with Gasteiger partial charge in [-0.05, 0) is 44.2 Å². The smallest absolute Gasteiger partial charge is 0.243 e. The van der Waals surface area contributed by atoms with E-state index in [0.29, 0.717) is 37.4 Å². The number of carbonyl (C=O) groups excluding carboxylic acids is 1. The van der Waals surface area contributed by atoms with Crippen LogP contribution in [0.5, 0.6) is 11.5 Å². The first-order chi connectivity index (χ1) is 12.6. The number of nitrogens with zero attached hydrogens (tertiary/aromatic N) is 2. The Balaban J connectivity index is 1.41. The van der Waals surface area contributed by atoms with Gasteiger partial charge >= 0.3 is 0 Å². The molecule has 0 aromatic heterocycles. The number of amides is 1. The topological polar surface area (TPSA) is 76.2 Å². The first kappa shape index (κ1) is 17.6. The zero-order valence-corrected chi connectivity index (χ0v) is 15.5. The average molecular weight is 380 g/mol. The molecule has 3 heterocycles. The lowest BCUT2D eigenvalue weighted by Crippen LogP contribution is -2.45. The number of sulfonamides is 1. The summed E-state index contributed by atoms with van der Waals surface area (Å²) < 4.78 is 37.8. The van der Waals surface area contributed by atoms with Crippen molar-refractivity contribution in [3.63, 3.8) is 0 Å². The third kappa shape index (κ3) is 3.27. The van der Waals surface area contributed by atoms with Crippen LogP contribution in [0.3, 0.4) is 0 Å². The Morgan fingerprint density at radius 1 is 0.962 bits per heavy atom. The van der Waals surface area contributed by atoms with Gasteiger partial charge in [-0.25, -0.2) is 8.42 Å². The highest BCUT2D eigenvalue weighted by Gasteiger charge is 2.34. The molecule has 0 saturated carbocycles. The summed E-state index contributed by atoms with van der Waals surface area (Å²) >= 11 is 0. The van der Waals surface area contributed by atoms with Crippen molar-refractivity contribution in [3.05, 3.63) is 18.2 Å². The van der Waals surface area contributed by atoms with Crippen molar-refractivity contribution >= 4 is 15.9 Å². The normalized spacial score (nSPS) is 21.8. The Kier molecular flexibility index (Phi) is 4.79. The maximum atomic E-state index is 12.9. The van der Waals surface area contributed by atoms with Gasteiger partial charge < -0.3 is 14.4 Å². The third-order valence-electron chi connectivity index (χ3n) is 5.45. The molecule has 142 valence electrons. The van der Waals surface area contributed by atoms with Crippen molar-refractivity contribution < 1.29 is 22.7 Å². The summed E-state index contributed by atoms with van der Waals surface area (Å²) in [5.74, 6) is 1.16. The molecule has 1 aromatic carbocycles. The second kappa shape index (κ2) is 7.08. The van der Waals surface area contributed by atoms with Crippen molar-refractivity contribution in [2.75, 3.05) is 33.0 Å². The minimum atomic E-state index is -3.58. The number of likely N-dealkylation sites (tertiary alicyclic amines) is 1. The SMILES string of the molecule is O=C(C1CCN(S(=O)(=O)c2ccc3c(c2)OCO3)CC1)N1CCCCC1. The first-order valence-corrected chi connectivity index (χ1v) is 10.7. The summed E-state index contributed by atoms with van der Waals surface area (Å²) in [5, 5.41) is 0. The molecule has 0 radical (unpaired) electrons. The number of hydrogen-bond donors (Lipinski definition) is 0. The van der Waals surface area contributed by atoms with Crippen molar-refractivity contribution in [1.82, 2.24) is 9.21 Å². The average Bonchev–Trinajstić information content (AvgIpc) is 3.16. The van der Waals surface area contributed by atoms with Gasteiger partial charge in [-0.2, -0.15) is 4.31 Å². The van der Waals surface area contributed by atoms with Crippen LogP contribution in [0.2, 0.25) is 0 Å². The molecule has 0 aliphatic carbocycles. The van der Waals surface area contributed by atoms with Crippen molar-refractivity contribution in [2.45, 2.75) is 37.0 Å². The highest BCUT2D eigenvalue weighted by molar-refractivity contribution is 7.89. The van der Waals surface area contributed by atoms with Crippen LogP contribution in [0, 0.1) is 5.92 Å². The maximum absolute atomic E-state index is 12.9. The molecule has 0 bridgehead atoms. The summed E-state index contributed by atoms with van der Waals surface area (Å²) in [6, 6.07) is 4.69. The van der Waals surface area contributed by atoms with Crippen LogP contribution in [0.25, 0.3) is 0 Å². The fraction of sp³-hybridized carbons (Fsp3) is 0.611. The van der Waals surface area contributed by atoms with E-state index in [2.05, 4.69) is 0 Å². The molecule has 2 saturated heterocycles. The van der Waals surface area contributed by atoms with E-state index in [1.54, 1.807) is 12.1 Å². The predicted octanol–water partition coefficient (Wildman–Crippen LogP) is 1.83. The number of benzene rings is 1. The quantitative estimate of drug-likeness (QED) is 0.800. The maximum Gasteiger partial charge on any atom is 0.243 e. The van der Waals surface area contributed by atoms with Gasteiger partial charge in [0.2, 0.25) is 22.7 Å². The Hall–Kier alpha value is -1.80. The molecule has 1 aromatic rings. The van der Waals surface area contributed by atoms with E-state index in [1.807, 2.05) is 4.90 Å². The van der Waals surface area contributed by atoms with Gasteiger partial charge in [-0.3, -0.25) is 4.79 Å². The lowest BCUT2D eigenvalue weighted by molar-refractivity contribution is -0.137. The summed E-state index contributed by atoms with van der Waals surface area (Å²) in [5.41, 5.74) is 0. The van der Waals surface area contributed by atoms with Crippen molar-refractivity contribution in [2.24, 2.45) is 5.92 Å². The van der Waals surface area contributed by atoms with E-state index in [9.17, 15) is 13.2 Å². The monoisotopic (exact) mass is 380 g/mol. The van der Waals surface area contributed by atoms with Gasteiger partial charge in [0.15, 0.2) is 11.5 Å². The molecule has 4 rings (SSSR count). The van der Waals surface area contributed by atoms with E-state index < -0.39 is 10.0 Å². The highest BCUT2D eigenvalue weighted by atomic mass is 32.2. The molecule has 3 aliphatic rings. The molecule has 26 heavy (non-hydrogen) atoms. The van der Waals surface area contributed by atoms with Crippen LogP contribution in [0.15, 0.2) is 23.1 Å². The van der Waals surface area contributed by atoms with Gasteiger partial charge in [0.25, 0.3) is 0 Å². The molecular formula is C18H24N2O5S. The predicted molar refractivity (Wildman–Crippen MR) is 94.5 cm³/mol. The second-order valence-electron chi connectivity index (χ2n) is 7.08. The van der Waals surface area contributed by atoms with E-state index >= 15 is 0 Å².